The third-order valence-corrected chi connectivity index (χ3v) is 5.04. The maximum absolute atomic E-state index is 13.1. The molecule has 2 aromatic carbocycles. The lowest BCUT2D eigenvalue weighted by Gasteiger charge is -2.21. The van der Waals surface area contributed by atoms with Crippen LogP contribution in [-0.2, 0) is 22.2 Å². The van der Waals surface area contributed by atoms with Gasteiger partial charge in [-0.3, -0.25) is 14.4 Å². The lowest BCUT2D eigenvalue weighted by atomic mass is 10.1. The van der Waals surface area contributed by atoms with Gasteiger partial charge in [0.2, 0.25) is 11.8 Å². The number of aromatic nitrogens is 2. The van der Waals surface area contributed by atoms with Gasteiger partial charge in [0.25, 0.3) is 5.56 Å². The lowest BCUT2D eigenvalue weighted by Crippen LogP contribution is -2.38. The molecule has 0 spiro atoms. The van der Waals surface area contributed by atoms with Crippen LogP contribution in [-0.4, -0.2) is 39.8 Å². The van der Waals surface area contributed by atoms with E-state index in [1.807, 2.05) is 0 Å². The molecule has 0 aliphatic carbocycles. The first-order chi connectivity index (χ1) is 15.7. The number of H-pyrrole nitrogens is 1. The van der Waals surface area contributed by atoms with Gasteiger partial charge in [-0.25, -0.2) is 4.98 Å². The molecule has 2 N–H and O–H groups in total. The van der Waals surface area contributed by atoms with Crippen LogP contribution in [0, 0.1) is 0 Å². The number of anilines is 1. The summed E-state index contributed by atoms with van der Waals surface area (Å²) in [7, 11) is 0. The minimum Gasteiger partial charge on any atom is -0.334 e. The number of halogens is 3. The smallest absolute Gasteiger partial charge is 0.334 e. The number of fused-ring (bicyclic) bond motifs is 1. The Morgan fingerprint density at radius 3 is 2.52 bits per heavy atom. The molecule has 33 heavy (non-hydrogen) atoms. The van der Waals surface area contributed by atoms with Gasteiger partial charge in [0.05, 0.1) is 28.7 Å². The number of hydrogen-bond acceptors (Lipinski definition) is 4. The Hall–Kier alpha value is -3.69. The number of nitrogens with one attached hydrogen (secondary N) is 2. The van der Waals surface area contributed by atoms with Crippen LogP contribution in [0.4, 0.5) is 18.9 Å². The molecule has 0 unspecified atom stereocenters. The van der Waals surface area contributed by atoms with Gasteiger partial charge in [-0.05, 0) is 37.6 Å². The molecule has 2 amide bonds. The summed E-state index contributed by atoms with van der Waals surface area (Å²) in [6.07, 6.45) is -3.78. The summed E-state index contributed by atoms with van der Waals surface area (Å²) in [6.45, 7) is 1.53. The molecule has 1 heterocycles. The molecular weight excluding hydrogens is 437 g/mol. The van der Waals surface area contributed by atoms with E-state index in [-0.39, 0.29) is 36.7 Å². The summed E-state index contributed by atoms with van der Waals surface area (Å²) in [5.41, 5.74) is -1.00. The maximum Gasteiger partial charge on any atom is 0.418 e. The van der Waals surface area contributed by atoms with Gasteiger partial charge in [0.1, 0.15) is 5.82 Å². The van der Waals surface area contributed by atoms with Gasteiger partial charge in [0.15, 0.2) is 0 Å². The van der Waals surface area contributed by atoms with E-state index in [0.29, 0.717) is 29.6 Å². The van der Waals surface area contributed by atoms with E-state index in [1.54, 1.807) is 31.2 Å². The van der Waals surface area contributed by atoms with E-state index < -0.39 is 17.6 Å². The lowest BCUT2D eigenvalue weighted by molar-refractivity contribution is -0.137. The Labute approximate surface area is 187 Å². The highest BCUT2D eigenvalue weighted by Gasteiger charge is 2.33. The molecule has 0 aliphatic heterocycles. The van der Waals surface area contributed by atoms with Crippen molar-refractivity contribution in [2.75, 3.05) is 18.4 Å². The number of likely N-dealkylation sites (N-methyl/N-ethyl adjacent to an activating group) is 1. The molecule has 3 rings (SSSR count). The number of alkyl halides is 3. The molecule has 0 atom stereocenters. The standard InChI is InChI=1S/C23H23F3N4O3/c1-2-30(14-20(31)28-18-11-6-4-9-16(18)23(24,25)26)21(32)13-7-12-19-27-17-10-5-3-8-15(17)22(33)29-19/h3-6,8-11H,2,7,12-14H2,1H3,(H,28,31)(H,27,29,33). The first-order valence-corrected chi connectivity index (χ1v) is 10.4. The van der Waals surface area contributed by atoms with Crippen molar-refractivity contribution in [3.63, 3.8) is 0 Å². The Morgan fingerprint density at radius 1 is 1.09 bits per heavy atom. The molecular formula is C23H23F3N4O3. The van der Waals surface area contributed by atoms with Crippen molar-refractivity contribution in [2.24, 2.45) is 0 Å². The maximum atomic E-state index is 13.1. The van der Waals surface area contributed by atoms with Crippen molar-refractivity contribution in [2.45, 2.75) is 32.4 Å². The SMILES string of the molecule is CCN(CC(=O)Nc1ccccc1C(F)(F)F)C(=O)CCCc1nc2ccccc2c(=O)[nH]1. The summed E-state index contributed by atoms with van der Waals surface area (Å²) >= 11 is 0. The Morgan fingerprint density at radius 2 is 1.79 bits per heavy atom. The average molecular weight is 460 g/mol. The number of carbonyl (C=O) groups excluding carboxylic acids is 2. The molecule has 0 aliphatic rings. The van der Waals surface area contributed by atoms with Crippen molar-refractivity contribution in [1.82, 2.24) is 14.9 Å². The monoisotopic (exact) mass is 460 g/mol. The number of carbonyl (C=O) groups is 2. The van der Waals surface area contributed by atoms with Crippen molar-refractivity contribution in [3.8, 4) is 0 Å². The predicted octanol–water partition coefficient (Wildman–Crippen LogP) is 3.75. The number of hydrogen-bond donors (Lipinski definition) is 2. The molecule has 0 radical (unpaired) electrons. The van der Waals surface area contributed by atoms with Crippen LogP contribution in [0.2, 0.25) is 0 Å². The second-order valence-electron chi connectivity index (χ2n) is 7.38. The largest absolute Gasteiger partial charge is 0.418 e. The summed E-state index contributed by atoms with van der Waals surface area (Å²) in [4.78, 5) is 45.3. The number of aromatic amines is 1. The zero-order valence-corrected chi connectivity index (χ0v) is 17.9. The molecule has 0 bridgehead atoms. The van der Waals surface area contributed by atoms with E-state index in [1.165, 1.54) is 17.0 Å². The topological polar surface area (TPSA) is 95.2 Å². The molecule has 7 nitrogen and oxygen atoms in total. The normalized spacial score (nSPS) is 11.4. The molecule has 10 heteroatoms. The number of benzene rings is 2. The van der Waals surface area contributed by atoms with E-state index in [4.69, 9.17) is 0 Å². The number of amides is 2. The average Bonchev–Trinajstić information content (AvgIpc) is 2.77. The minimum atomic E-state index is -4.61. The quantitative estimate of drug-likeness (QED) is 0.535. The third-order valence-electron chi connectivity index (χ3n) is 5.04. The van der Waals surface area contributed by atoms with Gasteiger partial charge in [-0.15, -0.1) is 0 Å². The summed E-state index contributed by atoms with van der Waals surface area (Å²) < 4.78 is 39.3. The second kappa shape index (κ2) is 10.3. The predicted molar refractivity (Wildman–Crippen MR) is 118 cm³/mol. The van der Waals surface area contributed by atoms with E-state index in [0.717, 1.165) is 12.1 Å². The molecule has 0 saturated carbocycles. The molecule has 3 aromatic rings. The highest BCUT2D eigenvalue weighted by Crippen LogP contribution is 2.34. The Kier molecular flexibility index (Phi) is 7.47. The zero-order chi connectivity index (χ0) is 24.0. The highest BCUT2D eigenvalue weighted by molar-refractivity contribution is 5.95. The van der Waals surface area contributed by atoms with Crippen molar-refractivity contribution < 1.29 is 22.8 Å². The Balaban J connectivity index is 1.56. The van der Waals surface area contributed by atoms with E-state index >= 15 is 0 Å². The van der Waals surface area contributed by atoms with Crippen LogP contribution >= 0.6 is 0 Å². The van der Waals surface area contributed by atoms with Crippen LogP contribution in [0.3, 0.4) is 0 Å². The molecule has 0 fully saturated rings. The van der Waals surface area contributed by atoms with Crippen LogP contribution in [0.1, 0.15) is 31.2 Å². The fourth-order valence-corrected chi connectivity index (χ4v) is 3.40. The van der Waals surface area contributed by atoms with Crippen LogP contribution in [0.25, 0.3) is 10.9 Å². The molecule has 1 aromatic heterocycles. The highest BCUT2D eigenvalue weighted by atomic mass is 19.4. The zero-order valence-electron chi connectivity index (χ0n) is 17.9. The number of aryl methyl sites for hydroxylation is 1. The fourth-order valence-electron chi connectivity index (χ4n) is 3.40. The van der Waals surface area contributed by atoms with Crippen molar-refractivity contribution >= 4 is 28.4 Å². The summed E-state index contributed by atoms with van der Waals surface area (Å²) in [5, 5.41) is 2.72. The third kappa shape index (κ3) is 6.18. The number of para-hydroxylation sites is 2. The van der Waals surface area contributed by atoms with E-state index in [9.17, 15) is 27.6 Å². The van der Waals surface area contributed by atoms with Crippen LogP contribution < -0.4 is 10.9 Å². The van der Waals surface area contributed by atoms with Gasteiger partial charge >= 0.3 is 6.18 Å². The van der Waals surface area contributed by atoms with E-state index in [2.05, 4.69) is 15.3 Å². The second-order valence-corrected chi connectivity index (χ2v) is 7.38. The molecule has 174 valence electrons. The Bertz CT molecular complexity index is 1210. The number of rotatable bonds is 8. The summed E-state index contributed by atoms with van der Waals surface area (Å²) in [6, 6.07) is 11.6. The van der Waals surface area contributed by atoms with Crippen LogP contribution in [0.5, 0.6) is 0 Å². The first-order valence-electron chi connectivity index (χ1n) is 10.4. The fraction of sp³-hybridized carbons (Fsp3) is 0.304. The first kappa shape index (κ1) is 24.0. The summed E-state index contributed by atoms with van der Waals surface area (Å²) in [5.74, 6) is -0.585. The minimum absolute atomic E-state index is 0.0940. The van der Waals surface area contributed by atoms with Gasteiger partial charge in [-0.1, -0.05) is 24.3 Å². The van der Waals surface area contributed by atoms with Gasteiger partial charge < -0.3 is 15.2 Å². The van der Waals surface area contributed by atoms with Gasteiger partial charge in [0, 0.05) is 19.4 Å². The van der Waals surface area contributed by atoms with Gasteiger partial charge in [-0.2, -0.15) is 13.2 Å². The number of nitrogens with zero attached hydrogens (tertiary/aromatic N) is 2. The molecule has 0 saturated heterocycles. The van der Waals surface area contributed by atoms with Crippen molar-refractivity contribution in [1.29, 1.82) is 0 Å². The van der Waals surface area contributed by atoms with Crippen LogP contribution in [0.15, 0.2) is 53.3 Å². The van der Waals surface area contributed by atoms with Crippen molar-refractivity contribution in [3.05, 3.63) is 70.3 Å².